The second-order valence-corrected chi connectivity index (χ2v) is 8.23. The fraction of sp³-hybridized carbons (Fsp3) is 0.333. The van der Waals surface area contributed by atoms with Crippen molar-refractivity contribution in [1.82, 2.24) is 14.5 Å². The average Bonchev–Trinajstić information content (AvgIpc) is 3.30. The van der Waals surface area contributed by atoms with Crippen molar-refractivity contribution in [3.63, 3.8) is 0 Å². The number of thiophene rings is 1. The van der Waals surface area contributed by atoms with Crippen LogP contribution in [0.3, 0.4) is 0 Å². The normalized spacial score (nSPS) is 18.5. The molecule has 9 nitrogen and oxygen atoms in total. The lowest BCUT2D eigenvalue weighted by Gasteiger charge is -2.37. The molecule has 0 radical (unpaired) electrons. The zero-order valence-corrected chi connectivity index (χ0v) is 17.4. The van der Waals surface area contributed by atoms with Crippen LogP contribution in [0.15, 0.2) is 46.8 Å². The van der Waals surface area contributed by atoms with E-state index in [2.05, 4.69) is 4.98 Å². The van der Waals surface area contributed by atoms with Gasteiger partial charge in [-0.2, -0.15) is 0 Å². The number of aromatic nitrogens is 2. The van der Waals surface area contributed by atoms with Crippen molar-refractivity contribution in [3.05, 3.63) is 52.4 Å². The quantitative estimate of drug-likeness (QED) is 0.606. The summed E-state index contributed by atoms with van der Waals surface area (Å²) in [6.45, 7) is 1.86. The molecule has 10 heteroatoms. The van der Waals surface area contributed by atoms with Crippen LogP contribution in [-0.2, 0) is 20.9 Å². The third-order valence-corrected chi connectivity index (χ3v) is 6.25. The Morgan fingerprint density at radius 3 is 2.81 bits per heavy atom. The molecule has 4 heterocycles. The van der Waals surface area contributed by atoms with Crippen molar-refractivity contribution in [1.29, 1.82) is 0 Å². The van der Waals surface area contributed by atoms with Crippen LogP contribution in [0, 0.1) is 0 Å². The van der Waals surface area contributed by atoms with Gasteiger partial charge in [0.25, 0.3) is 11.5 Å². The Bertz CT molecular complexity index is 1200. The molecule has 160 valence electrons. The van der Waals surface area contributed by atoms with Gasteiger partial charge in [-0.3, -0.25) is 19.0 Å². The second kappa shape index (κ2) is 8.12. The smallest absolute Gasteiger partial charge is 0.265 e. The van der Waals surface area contributed by atoms with Crippen molar-refractivity contribution < 1.29 is 19.1 Å². The van der Waals surface area contributed by atoms with Crippen LogP contribution in [0.1, 0.15) is 0 Å². The second-order valence-electron chi connectivity index (χ2n) is 7.33. The zero-order valence-electron chi connectivity index (χ0n) is 16.6. The van der Waals surface area contributed by atoms with Crippen LogP contribution < -0.4 is 15.2 Å². The van der Waals surface area contributed by atoms with Crippen molar-refractivity contribution in [2.45, 2.75) is 12.6 Å². The summed E-state index contributed by atoms with van der Waals surface area (Å²) < 4.78 is 12.6. The molecular formula is C21H20N4O5S. The molecular weight excluding hydrogens is 420 g/mol. The zero-order chi connectivity index (χ0) is 21.4. The van der Waals surface area contributed by atoms with E-state index < -0.39 is 6.10 Å². The lowest BCUT2D eigenvalue weighted by molar-refractivity contribution is -0.142. The van der Waals surface area contributed by atoms with Crippen LogP contribution in [0.25, 0.3) is 10.2 Å². The topological polar surface area (TPSA) is 94.0 Å². The molecule has 31 heavy (non-hydrogen) atoms. The molecule has 0 N–H and O–H groups in total. The minimum Gasteiger partial charge on any atom is -0.476 e. The van der Waals surface area contributed by atoms with E-state index in [1.165, 1.54) is 27.1 Å². The third-order valence-electron chi connectivity index (χ3n) is 5.43. The molecule has 1 saturated heterocycles. The summed E-state index contributed by atoms with van der Waals surface area (Å²) >= 11 is 1.38. The Labute approximate surface area is 181 Å². The Balaban J connectivity index is 1.42. The predicted octanol–water partition coefficient (Wildman–Crippen LogP) is 1.11. The molecule has 2 amide bonds. The van der Waals surface area contributed by atoms with Gasteiger partial charge >= 0.3 is 0 Å². The highest BCUT2D eigenvalue weighted by molar-refractivity contribution is 7.16. The first-order valence-corrected chi connectivity index (χ1v) is 10.8. The summed E-state index contributed by atoms with van der Waals surface area (Å²) in [6.07, 6.45) is 0.577. The summed E-state index contributed by atoms with van der Waals surface area (Å²) in [5.74, 6) is -0.0180. The Morgan fingerprint density at radius 1 is 1.16 bits per heavy atom. The van der Waals surface area contributed by atoms with E-state index in [1.807, 2.05) is 0 Å². The molecule has 1 fully saturated rings. The maximum Gasteiger partial charge on any atom is 0.265 e. The number of carbonyl (C=O) groups excluding carboxylic acids is 2. The summed E-state index contributed by atoms with van der Waals surface area (Å²) in [5, 5.41) is 2.29. The summed E-state index contributed by atoms with van der Waals surface area (Å²) in [6, 6.07) is 8.81. The maximum absolute atomic E-state index is 13.2. The standard InChI is InChI=1S/C21H20N4O5S/c26-18(12-24-13-22-19-14(20(24)27)5-10-31-19)25-11-17(21(28)23-6-8-29-9-7-23)30-16-4-2-1-3-15(16)25/h1-5,10,13,17H,6-9,11-12H2/t17-/m0/s1. The van der Waals surface area contributed by atoms with Gasteiger partial charge in [0.1, 0.15) is 17.1 Å². The van der Waals surface area contributed by atoms with Crippen molar-refractivity contribution in [2.24, 2.45) is 0 Å². The van der Waals surface area contributed by atoms with Crippen LogP contribution >= 0.6 is 11.3 Å². The Morgan fingerprint density at radius 2 is 1.97 bits per heavy atom. The molecule has 0 spiro atoms. The molecule has 2 aromatic heterocycles. The summed E-state index contributed by atoms with van der Waals surface area (Å²) in [4.78, 5) is 47.1. The minimum absolute atomic E-state index is 0.0783. The van der Waals surface area contributed by atoms with Gasteiger partial charge in [-0.15, -0.1) is 11.3 Å². The van der Waals surface area contributed by atoms with Gasteiger partial charge in [0.2, 0.25) is 5.91 Å². The first kappa shape index (κ1) is 19.7. The van der Waals surface area contributed by atoms with Gasteiger partial charge in [0, 0.05) is 13.1 Å². The number of nitrogens with zero attached hydrogens (tertiary/aromatic N) is 4. The maximum atomic E-state index is 13.2. The number of ether oxygens (including phenoxy) is 2. The SMILES string of the molecule is O=C([C@@H]1CN(C(=O)Cn2cnc3sccc3c2=O)c2ccccc2O1)N1CCOCC1. The summed E-state index contributed by atoms with van der Waals surface area (Å²) in [5.41, 5.74) is 0.318. The molecule has 0 saturated carbocycles. The number of amides is 2. The van der Waals surface area contributed by atoms with E-state index in [-0.39, 0.29) is 30.5 Å². The van der Waals surface area contributed by atoms with Crippen molar-refractivity contribution >= 4 is 39.1 Å². The molecule has 3 aromatic rings. The lowest BCUT2D eigenvalue weighted by Crippen LogP contribution is -2.54. The highest BCUT2D eigenvalue weighted by Crippen LogP contribution is 2.33. The van der Waals surface area contributed by atoms with Gasteiger partial charge in [-0.05, 0) is 23.6 Å². The molecule has 2 aliphatic rings. The minimum atomic E-state index is -0.814. The molecule has 2 aliphatic heterocycles. The third kappa shape index (κ3) is 3.68. The van der Waals surface area contributed by atoms with Crippen LogP contribution in [0.5, 0.6) is 5.75 Å². The van der Waals surface area contributed by atoms with Gasteiger partial charge in [-0.25, -0.2) is 4.98 Å². The van der Waals surface area contributed by atoms with E-state index >= 15 is 0 Å². The van der Waals surface area contributed by atoms with E-state index in [1.54, 1.807) is 40.6 Å². The summed E-state index contributed by atoms with van der Waals surface area (Å²) in [7, 11) is 0. The Hall–Kier alpha value is -3.24. The van der Waals surface area contributed by atoms with E-state index in [0.29, 0.717) is 48.0 Å². The van der Waals surface area contributed by atoms with Crippen LogP contribution in [-0.4, -0.2) is 65.2 Å². The lowest BCUT2D eigenvalue weighted by atomic mass is 10.1. The fourth-order valence-electron chi connectivity index (χ4n) is 3.82. The van der Waals surface area contributed by atoms with Gasteiger partial charge in [0.05, 0.1) is 37.2 Å². The molecule has 0 bridgehead atoms. The van der Waals surface area contributed by atoms with Gasteiger partial charge < -0.3 is 19.3 Å². The van der Waals surface area contributed by atoms with E-state index in [9.17, 15) is 14.4 Å². The molecule has 5 rings (SSSR count). The molecule has 0 unspecified atom stereocenters. The largest absolute Gasteiger partial charge is 0.476 e. The monoisotopic (exact) mass is 440 g/mol. The number of benzene rings is 1. The fourth-order valence-corrected chi connectivity index (χ4v) is 4.55. The highest BCUT2D eigenvalue weighted by Gasteiger charge is 2.36. The average molecular weight is 440 g/mol. The van der Waals surface area contributed by atoms with Gasteiger partial charge in [-0.1, -0.05) is 12.1 Å². The number of anilines is 1. The van der Waals surface area contributed by atoms with Crippen molar-refractivity contribution in [3.8, 4) is 5.75 Å². The van der Waals surface area contributed by atoms with Crippen molar-refractivity contribution in [2.75, 3.05) is 37.7 Å². The van der Waals surface area contributed by atoms with E-state index in [4.69, 9.17) is 9.47 Å². The number of carbonyl (C=O) groups is 2. The Kier molecular flexibility index (Phi) is 5.16. The highest BCUT2D eigenvalue weighted by atomic mass is 32.1. The number of fused-ring (bicyclic) bond motifs is 2. The first-order valence-electron chi connectivity index (χ1n) is 9.97. The van der Waals surface area contributed by atoms with Crippen LogP contribution in [0.2, 0.25) is 0 Å². The molecule has 1 atom stereocenters. The number of hydrogen-bond donors (Lipinski definition) is 0. The predicted molar refractivity (Wildman–Crippen MR) is 114 cm³/mol. The number of morpholine rings is 1. The van der Waals surface area contributed by atoms with Crippen LogP contribution in [0.4, 0.5) is 5.69 Å². The van der Waals surface area contributed by atoms with E-state index in [0.717, 1.165) is 0 Å². The molecule has 0 aliphatic carbocycles. The first-order chi connectivity index (χ1) is 15.1. The number of para-hydroxylation sites is 2. The number of hydrogen-bond acceptors (Lipinski definition) is 7. The number of rotatable bonds is 3. The molecule has 1 aromatic carbocycles. The van der Waals surface area contributed by atoms with Gasteiger partial charge in [0.15, 0.2) is 6.10 Å².